The van der Waals surface area contributed by atoms with E-state index in [0.29, 0.717) is 24.5 Å². The summed E-state index contributed by atoms with van der Waals surface area (Å²) in [5.74, 6) is 0.419. The summed E-state index contributed by atoms with van der Waals surface area (Å²) >= 11 is 0. The van der Waals surface area contributed by atoms with Crippen molar-refractivity contribution in [3.8, 4) is 5.75 Å². The van der Waals surface area contributed by atoms with Crippen LogP contribution in [0.2, 0.25) is 0 Å². The molecule has 0 spiro atoms. The monoisotopic (exact) mass is 302 g/mol. The highest BCUT2D eigenvalue weighted by Crippen LogP contribution is 2.41. The molecule has 2 aliphatic rings. The van der Waals surface area contributed by atoms with Gasteiger partial charge in [0.05, 0.1) is 24.1 Å². The van der Waals surface area contributed by atoms with E-state index in [4.69, 9.17) is 4.74 Å². The number of carbonyl (C=O) groups is 2. The molecule has 1 aliphatic carbocycles. The van der Waals surface area contributed by atoms with Gasteiger partial charge in [-0.05, 0) is 38.3 Å². The Morgan fingerprint density at radius 3 is 2.68 bits per heavy atom. The molecule has 5 heteroatoms. The van der Waals surface area contributed by atoms with Crippen molar-refractivity contribution in [1.82, 2.24) is 4.90 Å². The number of hydrogen-bond donors (Lipinski definition) is 1. The average Bonchev–Trinajstić information content (AvgIpc) is 3.14. The van der Waals surface area contributed by atoms with E-state index in [2.05, 4.69) is 5.32 Å². The smallest absolute Gasteiger partial charge is 0.228 e. The molecule has 1 N–H and O–H groups in total. The molecule has 1 aliphatic heterocycles. The van der Waals surface area contributed by atoms with Crippen LogP contribution in [0.4, 0.5) is 5.69 Å². The van der Waals surface area contributed by atoms with Crippen molar-refractivity contribution in [3.63, 3.8) is 0 Å². The lowest BCUT2D eigenvalue weighted by atomic mass is 10.2. The van der Waals surface area contributed by atoms with Crippen LogP contribution >= 0.6 is 0 Å². The molecule has 22 heavy (non-hydrogen) atoms. The lowest BCUT2D eigenvalue weighted by Crippen LogP contribution is -2.30. The second-order valence-electron chi connectivity index (χ2n) is 5.90. The number of ether oxygens (including phenoxy) is 1. The first-order valence-electron chi connectivity index (χ1n) is 8.02. The highest BCUT2D eigenvalue weighted by Gasteiger charge is 2.49. The Labute approximate surface area is 130 Å². The highest BCUT2D eigenvalue weighted by molar-refractivity contribution is 6.00. The molecule has 2 atom stereocenters. The SMILES string of the molecule is CCOc1ccccc1NC(=O)C1CC1C(=O)N1CCCC1. The lowest BCUT2D eigenvalue weighted by molar-refractivity contribution is -0.133. The van der Waals surface area contributed by atoms with Crippen LogP contribution in [0.5, 0.6) is 5.75 Å². The molecule has 1 saturated carbocycles. The highest BCUT2D eigenvalue weighted by atomic mass is 16.5. The summed E-state index contributed by atoms with van der Waals surface area (Å²) in [5.41, 5.74) is 0.675. The Hall–Kier alpha value is -2.04. The molecule has 1 aromatic rings. The van der Waals surface area contributed by atoms with Crippen molar-refractivity contribution in [3.05, 3.63) is 24.3 Å². The lowest BCUT2D eigenvalue weighted by Gasteiger charge is -2.15. The number of likely N-dealkylation sites (tertiary alicyclic amines) is 1. The number of rotatable bonds is 5. The van der Waals surface area contributed by atoms with E-state index in [1.165, 1.54) is 0 Å². The molecule has 1 heterocycles. The first-order chi connectivity index (χ1) is 10.7. The van der Waals surface area contributed by atoms with Crippen LogP contribution in [0.1, 0.15) is 26.2 Å². The van der Waals surface area contributed by atoms with Crippen LogP contribution in [0.25, 0.3) is 0 Å². The molecule has 3 rings (SSSR count). The standard InChI is InChI=1S/C17H22N2O3/c1-2-22-15-8-4-3-7-14(15)18-16(20)12-11-13(12)17(21)19-9-5-6-10-19/h3-4,7-8,12-13H,2,5-6,9-11H2,1H3,(H,18,20). The number of benzene rings is 1. The molecule has 118 valence electrons. The normalized spacial score (nSPS) is 23.2. The molecule has 2 fully saturated rings. The van der Waals surface area contributed by atoms with Crippen molar-refractivity contribution in [2.75, 3.05) is 25.0 Å². The van der Waals surface area contributed by atoms with Crippen LogP contribution in [0.3, 0.4) is 0 Å². The number of para-hydroxylation sites is 2. The summed E-state index contributed by atoms with van der Waals surface area (Å²) in [6, 6.07) is 7.39. The van der Waals surface area contributed by atoms with Crippen LogP contribution in [-0.4, -0.2) is 36.4 Å². The average molecular weight is 302 g/mol. The van der Waals surface area contributed by atoms with Gasteiger partial charge in [0.2, 0.25) is 11.8 Å². The third-order valence-corrected chi connectivity index (χ3v) is 4.31. The summed E-state index contributed by atoms with van der Waals surface area (Å²) in [6.07, 6.45) is 2.83. The quantitative estimate of drug-likeness (QED) is 0.908. The van der Waals surface area contributed by atoms with Crippen molar-refractivity contribution in [2.45, 2.75) is 26.2 Å². The Balaban J connectivity index is 1.58. The fraction of sp³-hybridized carbons (Fsp3) is 0.529. The van der Waals surface area contributed by atoms with Gasteiger partial charge in [-0.25, -0.2) is 0 Å². The van der Waals surface area contributed by atoms with E-state index in [9.17, 15) is 9.59 Å². The van der Waals surface area contributed by atoms with E-state index in [-0.39, 0.29) is 23.7 Å². The Bertz CT molecular complexity index is 567. The van der Waals surface area contributed by atoms with E-state index in [1.54, 1.807) is 0 Å². The number of nitrogens with one attached hydrogen (secondary N) is 1. The molecule has 2 unspecified atom stereocenters. The zero-order chi connectivity index (χ0) is 15.5. The van der Waals surface area contributed by atoms with Gasteiger partial charge in [-0.15, -0.1) is 0 Å². The number of hydrogen-bond acceptors (Lipinski definition) is 3. The minimum Gasteiger partial charge on any atom is -0.492 e. The minimum atomic E-state index is -0.192. The van der Waals surface area contributed by atoms with Gasteiger partial charge < -0.3 is 15.0 Å². The van der Waals surface area contributed by atoms with E-state index in [0.717, 1.165) is 25.9 Å². The number of anilines is 1. The molecule has 2 amide bonds. The summed E-state index contributed by atoms with van der Waals surface area (Å²) in [5, 5.41) is 2.90. The molecule has 1 aromatic carbocycles. The summed E-state index contributed by atoms with van der Waals surface area (Å²) in [6.45, 7) is 4.14. The topological polar surface area (TPSA) is 58.6 Å². The maximum atomic E-state index is 12.3. The van der Waals surface area contributed by atoms with Gasteiger partial charge in [-0.1, -0.05) is 12.1 Å². The number of nitrogens with zero attached hydrogens (tertiary/aromatic N) is 1. The summed E-state index contributed by atoms with van der Waals surface area (Å²) < 4.78 is 5.50. The Morgan fingerprint density at radius 1 is 1.23 bits per heavy atom. The van der Waals surface area contributed by atoms with E-state index >= 15 is 0 Å². The van der Waals surface area contributed by atoms with Crippen molar-refractivity contribution >= 4 is 17.5 Å². The zero-order valence-electron chi connectivity index (χ0n) is 12.9. The Kier molecular flexibility index (Phi) is 4.32. The maximum absolute atomic E-state index is 12.3. The first kappa shape index (κ1) is 14.9. The summed E-state index contributed by atoms with van der Waals surface area (Å²) in [4.78, 5) is 26.5. The molecular formula is C17H22N2O3. The van der Waals surface area contributed by atoms with E-state index < -0.39 is 0 Å². The van der Waals surface area contributed by atoms with Crippen molar-refractivity contribution in [1.29, 1.82) is 0 Å². The van der Waals surface area contributed by atoms with Gasteiger partial charge in [0.25, 0.3) is 0 Å². The summed E-state index contributed by atoms with van der Waals surface area (Å²) in [7, 11) is 0. The fourth-order valence-electron chi connectivity index (χ4n) is 3.01. The van der Waals surface area contributed by atoms with Crippen LogP contribution in [0.15, 0.2) is 24.3 Å². The second-order valence-corrected chi connectivity index (χ2v) is 5.90. The van der Waals surface area contributed by atoms with E-state index in [1.807, 2.05) is 36.1 Å². The van der Waals surface area contributed by atoms with Crippen LogP contribution in [-0.2, 0) is 9.59 Å². The van der Waals surface area contributed by atoms with Crippen molar-refractivity contribution in [2.24, 2.45) is 11.8 Å². The molecule has 1 saturated heterocycles. The van der Waals surface area contributed by atoms with Gasteiger partial charge in [0.15, 0.2) is 0 Å². The molecular weight excluding hydrogens is 280 g/mol. The zero-order valence-corrected chi connectivity index (χ0v) is 12.9. The van der Waals surface area contributed by atoms with Gasteiger partial charge in [-0.2, -0.15) is 0 Å². The number of carbonyl (C=O) groups excluding carboxylic acids is 2. The predicted molar refractivity (Wildman–Crippen MR) is 83.7 cm³/mol. The minimum absolute atomic E-state index is 0.0790. The third-order valence-electron chi connectivity index (χ3n) is 4.31. The molecule has 0 aromatic heterocycles. The third kappa shape index (κ3) is 3.08. The van der Waals surface area contributed by atoms with Gasteiger partial charge in [0, 0.05) is 13.1 Å². The number of amides is 2. The fourth-order valence-corrected chi connectivity index (χ4v) is 3.01. The first-order valence-corrected chi connectivity index (χ1v) is 8.02. The molecule has 0 bridgehead atoms. The van der Waals surface area contributed by atoms with Gasteiger partial charge in [-0.3, -0.25) is 9.59 Å². The van der Waals surface area contributed by atoms with Crippen molar-refractivity contribution < 1.29 is 14.3 Å². The molecule has 5 nitrogen and oxygen atoms in total. The van der Waals surface area contributed by atoms with Gasteiger partial charge >= 0.3 is 0 Å². The van der Waals surface area contributed by atoms with Crippen LogP contribution in [0, 0.1) is 11.8 Å². The molecule has 0 radical (unpaired) electrons. The maximum Gasteiger partial charge on any atom is 0.228 e. The Morgan fingerprint density at radius 2 is 1.95 bits per heavy atom. The largest absolute Gasteiger partial charge is 0.492 e. The predicted octanol–water partition coefficient (Wildman–Crippen LogP) is 2.28. The van der Waals surface area contributed by atoms with Crippen LogP contribution < -0.4 is 10.1 Å². The van der Waals surface area contributed by atoms with Gasteiger partial charge in [0.1, 0.15) is 5.75 Å². The second kappa shape index (κ2) is 6.38.